The van der Waals surface area contributed by atoms with Crippen molar-refractivity contribution in [2.24, 2.45) is 0 Å². The number of benzene rings is 2. The fourth-order valence-electron chi connectivity index (χ4n) is 3.86. The van der Waals surface area contributed by atoms with E-state index in [1.165, 1.54) is 30.3 Å². The van der Waals surface area contributed by atoms with E-state index < -0.39 is 7.55 Å². The number of hydrogen-bond donors (Lipinski definition) is 2. The van der Waals surface area contributed by atoms with Crippen LogP contribution in [0.5, 0.6) is 5.75 Å². The highest BCUT2D eigenvalue weighted by atomic mass is 35.5. The van der Waals surface area contributed by atoms with Gasteiger partial charge in [0.1, 0.15) is 10.8 Å². The molecule has 2 heterocycles. The molecule has 6 nitrogen and oxygen atoms in total. The quantitative estimate of drug-likeness (QED) is 0.444. The number of nitrogens with zero attached hydrogens (tertiary/aromatic N) is 3. The molecule has 0 saturated carbocycles. The number of nitrogens with one attached hydrogen (secondary N) is 2. The van der Waals surface area contributed by atoms with Crippen molar-refractivity contribution < 1.29 is 4.74 Å². The predicted octanol–water partition coefficient (Wildman–Crippen LogP) is 5.52. The minimum Gasteiger partial charge on any atom is -0.494 e. The average Bonchev–Trinajstić information content (AvgIpc) is 2.82. The molecular weight excluding hydrogens is 441 g/mol. The zero-order valence-electron chi connectivity index (χ0n) is 18.5. The van der Waals surface area contributed by atoms with Crippen LogP contribution in [0.1, 0.15) is 19.3 Å². The van der Waals surface area contributed by atoms with Crippen LogP contribution < -0.4 is 25.6 Å². The summed E-state index contributed by atoms with van der Waals surface area (Å²) in [5.74, 6) is 1.74. The van der Waals surface area contributed by atoms with Crippen LogP contribution in [0, 0.1) is 0 Å². The third-order valence-electron chi connectivity index (χ3n) is 5.54. The van der Waals surface area contributed by atoms with Gasteiger partial charge in [0.2, 0.25) is 5.95 Å². The molecule has 32 heavy (non-hydrogen) atoms. The van der Waals surface area contributed by atoms with Gasteiger partial charge in [-0.1, -0.05) is 43.6 Å². The monoisotopic (exact) mass is 469 g/mol. The molecule has 0 amide bonds. The highest BCUT2D eigenvalue weighted by Gasteiger charge is 2.15. The largest absolute Gasteiger partial charge is 0.494 e. The van der Waals surface area contributed by atoms with Gasteiger partial charge < -0.3 is 20.3 Å². The lowest BCUT2D eigenvalue weighted by Crippen LogP contribution is -2.29. The summed E-state index contributed by atoms with van der Waals surface area (Å²) in [4.78, 5) is 11.4. The van der Waals surface area contributed by atoms with E-state index in [1.54, 1.807) is 13.3 Å². The van der Waals surface area contributed by atoms with Gasteiger partial charge in [0.05, 0.1) is 19.0 Å². The van der Waals surface area contributed by atoms with Crippen LogP contribution in [-0.4, -0.2) is 43.1 Å². The lowest BCUT2D eigenvalue weighted by atomic mass is 10.1. The number of rotatable bonds is 7. The zero-order chi connectivity index (χ0) is 22.5. The third kappa shape index (κ3) is 5.20. The van der Waals surface area contributed by atoms with Crippen LogP contribution >= 0.6 is 19.1 Å². The number of methoxy groups -OCH3 is 1. The fraction of sp³-hybridized carbons (Fsp3) is 0.292. The Kier molecular flexibility index (Phi) is 7.23. The Morgan fingerprint density at radius 3 is 2.59 bits per heavy atom. The maximum absolute atomic E-state index is 6.39. The molecule has 1 atom stereocenters. The molecule has 2 N–H and O–H groups in total. The Balaban J connectivity index is 1.57. The number of para-hydroxylation sites is 1. The standard InChI is InChI=1S/C24H29ClN5OP/c1-31-21-15-17(30-13-7-4-8-14-30)11-12-19(21)28-24-26-16-18(25)23(29-24)27-20-9-5-6-10-22(20)32(2)3/h5-6,9-12,15-16,32H,2,4,7-8,13-14H2,1,3H3,(H2,26,27,28,29). The van der Waals surface area contributed by atoms with Crippen molar-refractivity contribution in [2.45, 2.75) is 19.3 Å². The number of hydrogen-bond acceptors (Lipinski definition) is 6. The molecule has 0 aliphatic carbocycles. The molecule has 0 bridgehead atoms. The number of halogens is 1. The molecule has 1 fully saturated rings. The molecule has 1 aromatic heterocycles. The molecular formula is C24H29ClN5OP. The van der Waals surface area contributed by atoms with Crippen molar-refractivity contribution in [3.63, 3.8) is 0 Å². The number of aromatic nitrogens is 2. The minimum absolute atomic E-state index is 0.440. The minimum atomic E-state index is -0.889. The highest BCUT2D eigenvalue weighted by molar-refractivity contribution is 7.63. The summed E-state index contributed by atoms with van der Waals surface area (Å²) in [5, 5.41) is 8.27. The van der Waals surface area contributed by atoms with Crippen LogP contribution in [0.15, 0.2) is 48.7 Å². The van der Waals surface area contributed by atoms with Gasteiger partial charge in [-0.2, -0.15) is 4.98 Å². The van der Waals surface area contributed by atoms with Crippen molar-refractivity contribution in [1.29, 1.82) is 0 Å². The average molecular weight is 470 g/mol. The van der Waals surface area contributed by atoms with E-state index in [-0.39, 0.29) is 0 Å². The van der Waals surface area contributed by atoms with Gasteiger partial charge in [-0.25, -0.2) is 4.98 Å². The molecule has 0 spiro atoms. The van der Waals surface area contributed by atoms with E-state index in [2.05, 4.69) is 56.7 Å². The second-order valence-electron chi connectivity index (χ2n) is 7.90. The smallest absolute Gasteiger partial charge is 0.229 e. The van der Waals surface area contributed by atoms with Crippen molar-refractivity contribution in [2.75, 3.05) is 42.4 Å². The van der Waals surface area contributed by atoms with Gasteiger partial charge in [-0.05, 0) is 49.4 Å². The Labute approximate surface area is 195 Å². The van der Waals surface area contributed by atoms with Crippen molar-refractivity contribution >= 4 is 59.6 Å². The second kappa shape index (κ2) is 10.3. The van der Waals surface area contributed by atoms with Crippen LogP contribution in [0.3, 0.4) is 0 Å². The summed E-state index contributed by atoms with van der Waals surface area (Å²) >= 11 is 6.39. The number of anilines is 5. The highest BCUT2D eigenvalue weighted by Crippen LogP contribution is 2.33. The summed E-state index contributed by atoms with van der Waals surface area (Å²) in [5.41, 5.74) is 2.95. The first kappa shape index (κ1) is 22.5. The third-order valence-corrected chi connectivity index (χ3v) is 7.17. The number of ether oxygens (including phenoxy) is 1. The van der Waals surface area contributed by atoms with Crippen LogP contribution in [-0.2, 0) is 0 Å². The second-order valence-corrected chi connectivity index (χ2v) is 10.4. The van der Waals surface area contributed by atoms with Crippen molar-refractivity contribution in [3.8, 4) is 5.75 Å². The predicted molar refractivity (Wildman–Crippen MR) is 140 cm³/mol. The van der Waals surface area contributed by atoms with Crippen LogP contribution in [0.25, 0.3) is 0 Å². The number of piperidine rings is 1. The summed E-state index contributed by atoms with van der Waals surface area (Å²) in [6.07, 6.45) is 9.59. The van der Waals surface area contributed by atoms with Crippen molar-refractivity contribution in [3.05, 3.63) is 53.7 Å². The first-order valence-electron chi connectivity index (χ1n) is 10.8. The normalized spacial score (nSPS) is 14.7. The van der Waals surface area contributed by atoms with Gasteiger partial charge in [-0.15, -0.1) is 0 Å². The van der Waals surface area contributed by atoms with Crippen LogP contribution in [0.2, 0.25) is 5.02 Å². The molecule has 0 radical (unpaired) electrons. The zero-order valence-corrected chi connectivity index (χ0v) is 20.2. The van der Waals surface area contributed by atoms with Gasteiger partial charge in [0.15, 0.2) is 5.82 Å². The molecule has 4 rings (SSSR count). The molecule has 1 unspecified atom stereocenters. The first-order chi connectivity index (χ1) is 15.5. The van der Waals surface area contributed by atoms with E-state index in [1.807, 2.05) is 24.3 Å². The molecule has 1 aliphatic rings. The maximum Gasteiger partial charge on any atom is 0.229 e. The molecule has 3 aromatic rings. The first-order valence-corrected chi connectivity index (χ1v) is 13.4. The molecule has 1 aliphatic heterocycles. The Morgan fingerprint density at radius 2 is 1.84 bits per heavy atom. The molecule has 2 aromatic carbocycles. The molecule has 1 saturated heterocycles. The van der Waals surface area contributed by atoms with Gasteiger partial charge in [0.25, 0.3) is 0 Å². The van der Waals surface area contributed by atoms with E-state index in [9.17, 15) is 0 Å². The summed E-state index contributed by atoms with van der Waals surface area (Å²) in [6.45, 7) is 4.32. The van der Waals surface area contributed by atoms with Gasteiger partial charge in [0, 0.05) is 30.5 Å². The van der Waals surface area contributed by atoms with E-state index >= 15 is 0 Å². The summed E-state index contributed by atoms with van der Waals surface area (Å²) in [6, 6.07) is 14.3. The fourth-order valence-corrected chi connectivity index (χ4v) is 4.98. The lowest BCUT2D eigenvalue weighted by Gasteiger charge is -2.29. The van der Waals surface area contributed by atoms with E-state index in [4.69, 9.17) is 16.3 Å². The van der Waals surface area contributed by atoms with Crippen molar-refractivity contribution in [1.82, 2.24) is 9.97 Å². The Hall–Kier alpha value is -2.69. The lowest BCUT2D eigenvalue weighted by molar-refractivity contribution is 0.416. The molecule has 8 heteroatoms. The Bertz CT molecular complexity index is 1120. The summed E-state index contributed by atoms with van der Waals surface area (Å²) < 4.78 is 5.65. The maximum atomic E-state index is 6.39. The van der Waals surface area contributed by atoms with Gasteiger partial charge >= 0.3 is 0 Å². The molecule has 168 valence electrons. The van der Waals surface area contributed by atoms with E-state index in [0.29, 0.717) is 16.8 Å². The summed E-state index contributed by atoms with van der Waals surface area (Å²) in [7, 11) is 0.788. The topological polar surface area (TPSA) is 62.3 Å². The SMILES string of the molecule is C=[PH](C)c1ccccc1Nc1nc(Nc2ccc(N3CCCCC3)cc2OC)ncc1Cl. The van der Waals surface area contributed by atoms with Gasteiger partial charge in [-0.3, -0.25) is 0 Å². The van der Waals surface area contributed by atoms with E-state index in [0.717, 1.165) is 30.2 Å². The Morgan fingerprint density at radius 1 is 1.06 bits per heavy atom. The van der Waals surface area contributed by atoms with Crippen LogP contribution in [0.4, 0.5) is 28.8 Å².